The quantitative estimate of drug-likeness (QED) is 0.560. The number of anilines is 1. The van der Waals surface area contributed by atoms with E-state index in [1.165, 1.54) is 23.5 Å². The highest BCUT2D eigenvalue weighted by Gasteiger charge is 2.23. The number of amides is 1. The van der Waals surface area contributed by atoms with Crippen molar-refractivity contribution in [2.45, 2.75) is 39.0 Å². The summed E-state index contributed by atoms with van der Waals surface area (Å²) < 4.78 is 38.0. The zero-order chi connectivity index (χ0) is 22.8. The average Bonchev–Trinajstić information content (AvgIpc) is 3.10. The van der Waals surface area contributed by atoms with Crippen LogP contribution in [0.2, 0.25) is 0 Å². The lowest BCUT2D eigenvalue weighted by Crippen LogP contribution is -2.30. The van der Waals surface area contributed by atoms with E-state index in [2.05, 4.69) is 5.32 Å². The molecule has 0 atom stereocenters. The van der Waals surface area contributed by atoms with E-state index in [0.29, 0.717) is 24.5 Å². The number of ether oxygens (including phenoxy) is 1. The second-order valence-corrected chi connectivity index (χ2v) is 9.31. The number of benzene rings is 2. The molecule has 3 rings (SSSR count). The number of nitrogens with zero attached hydrogens (tertiary/aromatic N) is 1. The molecule has 7 nitrogen and oxygen atoms in total. The Morgan fingerprint density at radius 1 is 1.10 bits per heavy atom. The van der Waals surface area contributed by atoms with Gasteiger partial charge in [0.25, 0.3) is 0 Å². The molecule has 0 spiro atoms. The Kier molecular flexibility index (Phi) is 6.71. The molecule has 0 aliphatic rings. The number of hydrogen-bond acceptors (Lipinski definition) is 5. The molecule has 1 amide bonds. The second-order valence-electron chi connectivity index (χ2n) is 7.37. The number of aryl methyl sites for hydroxylation is 2. The minimum absolute atomic E-state index is 0.0890. The van der Waals surface area contributed by atoms with Gasteiger partial charge in [-0.2, -0.15) is 4.31 Å². The van der Waals surface area contributed by atoms with Gasteiger partial charge in [-0.15, -0.1) is 0 Å². The van der Waals surface area contributed by atoms with E-state index in [-0.39, 0.29) is 17.2 Å². The van der Waals surface area contributed by atoms with Gasteiger partial charge in [0.2, 0.25) is 15.9 Å². The van der Waals surface area contributed by atoms with Crippen LogP contribution in [0.1, 0.15) is 30.5 Å². The lowest BCUT2D eigenvalue weighted by atomic mass is 10.0. The van der Waals surface area contributed by atoms with Crippen LogP contribution in [0.25, 0.3) is 11.0 Å². The van der Waals surface area contributed by atoms with E-state index in [1.807, 2.05) is 26.0 Å². The average molecular weight is 445 g/mol. The molecule has 0 aliphatic carbocycles. The lowest BCUT2D eigenvalue weighted by Gasteiger charge is -2.19. The predicted octanol–water partition coefficient (Wildman–Crippen LogP) is 4.27. The van der Waals surface area contributed by atoms with E-state index in [1.54, 1.807) is 26.2 Å². The molecule has 0 saturated carbocycles. The minimum Gasteiger partial charge on any atom is -0.495 e. The standard InChI is InChI=1S/C23H28N2O5S/c1-6-25(7-2)31(27,28)18-8-9-21(29-5)20(13-18)24-23(26)12-17-14-30-22-11-16(4)15(3)10-19(17)22/h8-11,13-14H,6-7,12H2,1-5H3,(H,24,26). The van der Waals surface area contributed by atoms with Crippen molar-refractivity contribution in [3.8, 4) is 5.75 Å². The molecule has 31 heavy (non-hydrogen) atoms. The molecule has 0 bridgehead atoms. The summed E-state index contributed by atoms with van der Waals surface area (Å²) in [5, 5.41) is 3.68. The van der Waals surface area contributed by atoms with Crippen LogP contribution in [0.15, 0.2) is 45.9 Å². The third-order valence-corrected chi connectivity index (χ3v) is 7.46. The highest BCUT2D eigenvalue weighted by Crippen LogP contribution is 2.30. The number of carbonyl (C=O) groups is 1. The number of furan rings is 1. The molecular weight excluding hydrogens is 416 g/mol. The molecule has 0 radical (unpaired) electrons. The van der Waals surface area contributed by atoms with Gasteiger partial charge in [-0.25, -0.2) is 8.42 Å². The molecule has 3 aromatic rings. The molecule has 0 aliphatic heterocycles. The molecule has 0 saturated heterocycles. The van der Waals surface area contributed by atoms with Crippen molar-refractivity contribution >= 4 is 32.6 Å². The van der Waals surface area contributed by atoms with Crippen molar-refractivity contribution in [3.63, 3.8) is 0 Å². The maximum Gasteiger partial charge on any atom is 0.243 e. The number of nitrogens with one attached hydrogen (secondary N) is 1. The Morgan fingerprint density at radius 2 is 1.77 bits per heavy atom. The Labute approximate surface area is 183 Å². The van der Waals surface area contributed by atoms with Crippen LogP contribution in [0.3, 0.4) is 0 Å². The topological polar surface area (TPSA) is 88.9 Å². The molecule has 1 N–H and O–H groups in total. The molecule has 1 aromatic heterocycles. The number of methoxy groups -OCH3 is 1. The van der Waals surface area contributed by atoms with Crippen LogP contribution in [-0.2, 0) is 21.2 Å². The summed E-state index contributed by atoms with van der Waals surface area (Å²) in [5.41, 5.74) is 4.04. The highest BCUT2D eigenvalue weighted by atomic mass is 32.2. The van der Waals surface area contributed by atoms with Crippen LogP contribution in [0, 0.1) is 13.8 Å². The first kappa shape index (κ1) is 22.8. The smallest absolute Gasteiger partial charge is 0.243 e. The van der Waals surface area contributed by atoms with Crippen molar-refractivity contribution in [2.75, 3.05) is 25.5 Å². The van der Waals surface area contributed by atoms with Gasteiger partial charge in [0, 0.05) is 24.0 Å². The summed E-state index contributed by atoms with van der Waals surface area (Å²) in [6.07, 6.45) is 1.67. The maximum absolute atomic E-state index is 12.9. The van der Waals surface area contributed by atoms with Crippen molar-refractivity contribution < 1.29 is 22.4 Å². The monoisotopic (exact) mass is 444 g/mol. The Hall–Kier alpha value is -2.84. The number of carbonyl (C=O) groups excluding carboxylic acids is 1. The van der Waals surface area contributed by atoms with E-state index in [4.69, 9.17) is 9.15 Å². The number of hydrogen-bond donors (Lipinski definition) is 1. The first-order valence-corrected chi connectivity index (χ1v) is 11.6. The van der Waals surface area contributed by atoms with E-state index >= 15 is 0 Å². The number of rotatable bonds is 8. The van der Waals surface area contributed by atoms with Gasteiger partial charge in [0.05, 0.1) is 30.4 Å². The van der Waals surface area contributed by atoms with Gasteiger partial charge < -0.3 is 14.5 Å². The van der Waals surface area contributed by atoms with Crippen molar-refractivity contribution in [1.29, 1.82) is 0 Å². The van der Waals surface area contributed by atoms with Crippen molar-refractivity contribution in [1.82, 2.24) is 4.31 Å². The summed E-state index contributed by atoms with van der Waals surface area (Å²) in [4.78, 5) is 12.9. The maximum atomic E-state index is 12.9. The summed E-state index contributed by atoms with van der Waals surface area (Å²) in [6, 6.07) is 8.43. The fourth-order valence-corrected chi connectivity index (χ4v) is 4.98. The molecule has 166 valence electrons. The van der Waals surface area contributed by atoms with Crippen LogP contribution in [-0.4, -0.2) is 38.8 Å². The van der Waals surface area contributed by atoms with Crippen LogP contribution >= 0.6 is 0 Å². The molecule has 0 fully saturated rings. The summed E-state index contributed by atoms with van der Waals surface area (Å²) in [6.45, 7) is 8.31. The number of fused-ring (bicyclic) bond motifs is 1. The fourth-order valence-electron chi connectivity index (χ4n) is 3.50. The zero-order valence-corrected chi connectivity index (χ0v) is 19.3. The molecule has 1 heterocycles. The van der Waals surface area contributed by atoms with Crippen molar-refractivity contribution in [3.05, 3.63) is 53.3 Å². The predicted molar refractivity (Wildman–Crippen MR) is 121 cm³/mol. The molecule has 8 heteroatoms. The zero-order valence-electron chi connectivity index (χ0n) is 18.5. The normalized spacial score (nSPS) is 11.8. The van der Waals surface area contributed by atoms with Gasteiger partial charge in [-0.1, -0.05) is 13.8 Å². The van der Waals surface area contributed by atoms with Gasteiger partial charge in [0.1, 0.15) is 11.3 Å². The van der Waals surface area contributed by atoms with E-state index in [0.717, 1.165) is 27.7 Å². The first-order chi connectivity index (χ1) is 14.7. The Morgan fingerprint density at radius 3 is 2.42 bits per heavy atom. The SMILES string of the molecule is CCN(CC)S(=O)(=O)c1ccc(OC)c(NC(=O)Cc2coc3cc(C)c(C)cc23)c1. The molecular formula is C23H28N2O5S. The largest absolute Gasteiger partial charge is 0.495 e. The van der Waals surface area contributed by atoms with Crippen molar-refractivity contribution in [2.24, 2.45) is 0 Å². The highest BCUT2D eigenvalue weighted by molar-refractivity contribution is 7.89. The lowest BCUT2D eigenvalue weighted by molar-refractivity contribution is -0.115. The van der Waals surface area contributed by atoms with Crippen LogP contribution < -0.4 is 10.1 Å². The second kappa shape index (κ2) is 9.11. The van der Waals surface area contributed by atoms with Gasteiger partial charge in [-0.05, 0) is 55.3 Å². The Balaban J connectivity index is 1.88. The number of sulfonamides is 1. The third-order valence-electron chi connectivity index (χ3n) is 5.41. The van der Waals surface area contributed by atoms with E-state index in [9.17, 15) is 13.2 Å². The van der Waals surface area contributed by atoms with Gasteiger partial charge in [-0.3, -0.25) is 4.79 Å². The summed E-state index contributed by atoms with van der Waals surface area (Å²) in [7, 11) is -2.19. The molecule has 0 unspecified atom stereocenters. The third kappa shape index (κ3) is 4.60. The minimum atomic E-state index is -3.66. The van der Waals surface area contributed by atoms with Gasteiger partial charge in [0.15, 0.2) is 0 Å². The summed E-state index contributed by atoms with van der Waals surface area (Å²) >= 11 is 0. The van der Waals surface area contributed by atoms with Crippen LogP contribution in [0.4, 0.5) is 5.69 Å². The first-order valence-electron chi connectivity index (χ1n) is 10.2. The van der Waals surface area contributed by atoms with E-state index < -0.39 is 10.0 Å². The van der Waals surface area contributed by atoms with Crippen LogP contribution in [0.5, 0.6) is 5.75 Å². The van der Waals surface area contributed by atoms with Gasteiger partial charge >= 0.3 is 0 Å². The Bertz CT molecular complexity index is 1210. The fraction of sp³-hybridized carbons (Fsp3) is 0.348. The summed E-state index contributed by atoms with van der Waals surface area (Å²) in [5.74, 6) is 0.0898. The molecule has 2 aromatic carbocycles.